The number of amides is 1. The summed E-state index contributed by atoms with van der Waals surface area (Å²) in [6.07, 6.45) is 1.56. The Morgan fingerprint density at radius 3 is 2.65 bits per heavy atom. The number of hydrogen-bond donors (Lipinski definition) is 1. The van der Waals surface area contributed by atoms with Gasteiger partial charge < -0.3 is 9.84 Å². The fourth-order valence-electron chi connectivity index (χ4n) is 2.41. The molecule has 0 bridgehead atoms. The molecular weight excluding hydrogens is 373 g/mol. The summed E-state index contributed by atoms with van der Waals surface area (Å²) >= 11 is 11.8. The van der Waals surface area contributed by atoms with Crippen LogP contribution in [-0.2, 0) is 17.8 Å². The van der Waals surface area contributed by atoms with E-state index in [1.54, 1.807) is 18.2 Å². The third-order valence-electron chi connectivity index (χ3n) is 3.74. The van der Waals surface area contributed by atoms with E-state index < -0.39 is 0 Å². The molecule has 134 valence electrons. The van der Waals surface area contributed by atoms with Crippen molar-refractivity contribution in [3.05, 3.63) is 70.0 Å². The fourth-order valence-corrected chi connectivity index (χ4v) is 2.75. The number of aryl methyl sites for hydroxylation is 1. The molecule has 0 fully saturated rings. The minimum Gasteiger partial charge on any atom is -0.352 e. The second-order valence-electron chi connectivity index (χ2n) is 5.78. The van der Waals surface area contributed by atoms with Gasteiger partial charge in [0.05, 0.1) is 0 Å². The molecule has 0 atom stereocenters. The quantitative estimate of drug-likeness (QED) is 0.636. The third kappa shape index (κ3) is 5.31. The van der Waals surface area contributed by atoms with Gasteiger partial charge in [0.1, 0.15) is 0 Å². The summed E-state index contributed by atoms with van der Waals surface area (Å²) in [5.74, 6) is 1.00. The van der Waals surface area contributed by atoms with E-state index in [-0.39, 0.29) is 5.91 Å². The molecule has 1 aromatic heterocycles. The predicted octanol–water partition coefficient (Wildman–Crippen LogP) is 4.68. The van der Waals surface area contributed by atoms with Gasteiger partial charge in [-0.2, -0.15) is 4.98 Å². The Morgan fingerprint density at radius 1 is 1.08 bits per heavy atom. The number of rotatable bonds is 7. The van der Waals surface area contributed by atoms with Gasteiger partial charge in [-0.05, 0) is 48.4 Å². The summed E-state index contributed by atoms with van der Waals surface area (Å²) < 4.78 is 5.23. The van der Waals surface area contributed by atoms with Crippen molar-refractivity contribution in [2.75, 3.05) is 0 Å². The van der Waals surface area contributed by atoms with Gasteiger partial charge in [0.15, 0.2) is 0 Å². The molecule has 0 saturated heterocycles. The number of benzene rings is 2. The van der Waals surface area contributed by atoms with E-state index in [9.17, 15) is 4.79 Å². The van der Waals surface area contributed by atoms with Gasteiger partial charge in [-0.1, -0.05) is 40.5 Å². The van der Waals surface area contributed by atoms with E-state index >= 15 is 0 Å². The molecule has 3 aromatic rings. The second-order valence-corrected chi connectivity index (χ2v) is 6.65. The molecule has 1 amide bonds. The molecule has 0 aliphatic rings. The van der Waals surface area contributed by atoms with Crippen LogP contribution >= 0.6 is 23.2 Å². The average molecular weight is 390 g/mol. The number of nitrogens with one attached hydrogen (secondary N) is 1. The molecule has 26 heavy (non-hydrogen) atoms. The Kier molecular flexibility index (Phi) is 6.26. The first-order valence-corrected chi connectivity index (χ1v) is 8.95. The smallest absolute Gasteiger partial charge is 0.226 e. The lowest BCUT2D eigenvalue weighted by Crippen LogP contribution is -2.22. The summed E-state index contributed by atoms with van der Waals surface area (Å²) in [6.45, 7) is 0.459. The Balaban J connectivity index is 1.43. The maximum absolute atomic E-state index is 11.9. The molecule has 0 aliphatic heterocycles. The topological polar surface area (TPSA) is 68.0 Å². The molecule has 1 heterocycles. The molecule has 0 unspecified atom stereocenters. The zero-order valence-electron chi connectivity index (χ0n) is 13.9. The van der Waals surface area contributed by atoms with Crippen molar-refractivity contribution in [2.24, 2.45) is 0 Å². The Bertz CT molecular complexity index is 879. The Labute approximate surface area is 161 Å². The highest BCUT2D eigenvalue weighted by Gasteiger charge is 2.09. The zero-order valence-corrected chi connectivity index (χ0v) is 15.4. The monoisotopic (exact) mass is 389 g/mol. The first-order chi connectivity index (χ1) is 12.6. The molecule has 3 rings (SSSR count). The number of carbonyl (C=O) groups excluding carboxylic acids is 1. The van der Waals surface area contributed by atoms with Crippen molar-refractivity contribution < 1.29 is 9.32 Å². The molecule has 5 nitrogen and oxygen atoms in total. The fraction of sp³-hybridized carbons (Fsp3) is 0.211. The largest absolute Gasteiger partial charge is 0.352 e. The van der Waals surface area contributed by atoms with Crippen LogP contribution in [0.25, 0.3) is 11.4 Å². The third-order valence-corrected chi connectivity index (χ3v) is 4.23. The molecule has 2 aromatic carbocycles. The van der Waals surface area contributed by atoms with E-state index in [2.05, 4.69) is 15.5 Å². The van der Waals surface area contributed by atoms with E-state index in [0.717, 1.165) is 11.1 Å². The number of nitrogens with zero attached hydrogens (tertiary/aromatic N) is 2. The summed E-state index contributed by atoms with van der Waals surface area (Å²) in [4.78, 5) is 16.3. The predicted molar refractivity (Wildman–Crippen MR) is 101 cm³/mol. The second kappa shape index (κ2) is 8.83. The van der Waals surface area contributed by atoms with Gasteiger partial charge >= 0.3 is 0 Å². The molecule has 0 radical (unpaired) electrons. The van der Waals surface area contributed by atoms with Crippen LogP contribution in [0.15, 0.2) is 53.1 Å². The minimum atomic E-state index is -0.0255. The van der Waals surface area contributed by atoms with E-state index in [0.29, 0.717) is 47.6 Å². The normalized spacial score (nSPS) is 10.7. The highest BCUT2D eigenvalue weighted by molar-refractivity contribution is 6.30. The lowest BCUT2D eigenvalue weighted by molar-refractivity contribution is -0.121. The summed E-state index contributed by atoms with van der Waals surface area (Å²) in [7, 11) is 0. The maximum atomic E-state index is 11.9. The first kappa shape index (κ1) is 18.4. The lowest BCUT2D eigenvalue weighted by Gasteiger charge is -2.05. The summed E-state index contributed by atoms with van der Waals surface area (Å²) in [5.41, 5.74) is 1.80. The van der Waals surface area contributed by atoms with Crippen molar-refractivity contribution in [3.63, 3.8) is 0 Å². The standard InChI is InChI=1S/C19H17Cl2N3O2/c20-15-9-7-14(8-10-15)19-23-18(26-24-19)6-2-5-17(25)22-12-13-3-1-4-16(21)11-13/h1,3-4,7-11H,2,5-6,12H2,(H,22,25). The molecule has 7 heteroatoms. The highest BCUT2D eigenvalue weighted by Crippen LogP contribution is 2.19. The number of carbonyl (C=O) groups is 1. The molecule has 0 aliphatic carbocycles. The molecule has 0 saturated carbocycles. The average Bonchev–Trinajstić information content (AvgIpc) is 3.09. The molecule has 0 spiro atoms. The van der Waals surface area contributed by atoms with Crippen molar-refractivity contribution in [2.45, 2.75) is 25.8 Å². The number of hydrogen-bond acceptors (Lipinski definition) is 4. The Hall–Kier alpha value is -2.37. The van der Waals surface area contributed by atoms with E-state index in [1.165, 1.54) is 0 Å². The van der Waals surface area contributed by atoms with Crippen LogP contribution in [0.5, 0.6) is 0 Å². The SMILES string of the molecule is O=C(CCCc1nc(-c2ccc(Cl)cc2)no1)NCc1cccc(Cl)c1. The zero-order chi connectivity index (χ0) is 18.4. The van der Waals surface area contributed by atoms with Crippen LogP contribution in [0, 0.1) is 0 Å². The van der Waals surface area contributed by atoms with Crippen molar-refractivity contribution in [1.82, 2.24) is 15.5 Å². The first-order valence-electron chi connectivity index (χ1n) is 8.20. The van der Waals surface area contributed by atoms with E-state index in [4.69, 9.17) is 27.7 Å². The van der Waals surface area contributed by atoms with Crippen molar-refractivity contribution in [3.8, 4) is 11.4 Å². The number of aromatic nitrogens is 2. The maximum Gasteiger partial charge on any atom is 0.226 e. The summed E-state index contributed by atoms with van der Waals surface area (Å²) in [5, 5.41) is 8.14. The van der Waals surface area contributed by atoms with Crippen LogP contribution < -0.4 is 5.32 Å². The lowest BCUT2D eigenvalue weighted by atomic mass is 10.2. The highest BCUT2D eigenvalue weighted by atomic mass is 35.5. The van der Waals surface area contributed by atoms with Crippen LogP contribution in [0.4, 0.5) is 0 Å². The van der Waals surface area contributed by atoms with Crippen molar-refractivity contribution >= 4 is 29.1 Å². The molecular formula is C19H17Cl2N3O2. The van der Waals surface area contributed by atoms with Gasteiger partial charge in [0.25, 0.3) is 0 Å². The minimum absolute atomic E-state index is 0.0255. The van der Waals surface area contributed by atoms with Gasteiger partial charge in [-0.25, -0.2) is 0 Å². The van der Waals surface area contributed by atoms with Crippen LogP contribution in [-0.4, -0.2) is 16.0 Å². The Morgan fingerprint density at radius 2 is 1.88 bits per heavy atom. The van der Waals surface area contributed by atoms with Gasteiger partial charge in [-0.15, -0.1) is 0 Å². The molecule has 1 N–H and O–H groups in total. The van der Waals surface area contributed by atoms with Gasteiger partial charge in [0, 0.05) is 35.0 Å². The van der Waals surface area contributed by atoms with Crippen molar-refractivity contribution in [1.29, 1.82) is 0 Å². The van der Waals surface area contributed by atoms with Crippen LogP contribution in [0.3, 0.4) is 0 Å². The number of halogens is 2. The summed E-state index contributed by atoms with van der Waals surface area (Å²) in [6, 6.07) is 14.6. The van der Waals surface area contributed by atoms with Gasteiger partial charge in [0.2, 0.25) is 17.6 Å². The van der Waals surface area contributed by atoms with Crippen LogP contribution in [0.1, 0.15) is 24.3 Å². The van der Waals surface area contributed by atoms with Gasteiger partial charge in [-0.3, -0.25) is 4.79 Å². The van der Waals surface area contributed by atoms with Crippen LogP contribution in [0.2, 0.25) is 10.0 Å². The van der Waals surface area contributed by atoms with E-state index in [1.807, 2.05) is 30.3 Å².